The number of sulfonamides is 1. The second-order valence-corrected chi connectivity index (χ2v) is 5.41. The van der Waals surface area contributed by atoms with Gasteiger partial charge in [0.15, 0.2) is 0 Å². The predicted octanol–water partition coefficient (Wildman–Crippen LogP) is -0.548. The Kier molecular flexibility index (Phi) is 3.88. The Morgan fingerprint density at radius 1 is 1.50 bits per heavy atom. The summed E-state index contributed by atoms with van der Waals surface area (Å²) in [5.41, 5.74) is 0. The number of rotatable bonds is 5. The smallest absolute Gasteiger partial charge is 0.234 e. The molecule has 0 aromatic heterocycles. The van der Waals surface area contributed by atoms with Gasteiger partial charge in [0, 0.05) is 6.42 Å². The van der Waals surface area contributed by atoms with E-state index in [2.05, 4.69) is 10.0 Å². The molecule has 1 amide bonds. The third-order valence-electron chi connectivity index (χ3n) is 2.08. The normalized spacial score (nSPS) is 17.5. The minimum absolute atomic E-state index is 0.0155. The van der Waals surface area contributed by atoms with Crippen LogP contribution in [0.5, 0.6) is 0 Å². The Hall–Kier alpha value is -0.620. The van der Waals surface area contributed by atoms with Crippen LogP contribution in [0.2, 0.25) is 0 Å². The van der Waals surface area contributed by atoms with Gasteiger partial charge in [0.25, 0.3) is 0 Å². The summed E-state index contributed by atoms with van der Waals surface area (Å²) in [5.74, 6) is -0.0708. The van der Waals surface area contributed by atoms with E-state index in [1.807, 2.05) is 0 Å². The van der Waals surface area contributed by atoms with Gasteiger partial charge >= 0.3 is 0 Å². The Morgan fingerprint density at radius 3 is 2.57 bits per heavy atom. The first kappa shape index (κ1) is 11.5. The summed E-state index contributed by atoms with van der Waals surface area (Å²) in [7, 11) is -3.38. The summed E-state index contributed by atoms with van der Waals surface area (Å²) in [6.07, 6.45) is 0.823. The highest BCUT2D eigenvalue weighted by atomic mass is 32.2. The number of nitrogens with one attached hydrogen (secondary N) is 2. The van der Waals surface area contributed by atoms with Crippen LogP contribution in [-0.2, 0) is 14.8 Å². The SMILES string of the molecule is CCCS(=O)(=O)NC(=O)CC1CNC1. The van der Waals surface area contributed by atoms with Gasteiger partial charge in [0.2, 0.25) is 15.9 Å². The summed E-state index contributed by atoms with van der Waals surface area (Å²) in [5, 5.41) is 3.03. The van der Waals surface area contributed by atoms with Gasteiger partial charge in [-0.05, 0) is 25.4 Å². The fourth-order valence-electron chi connectivity index (χ4n) is 1.29. The molecule has 1 saturated heterocycles. The molecule has 1 aliphatic heterocycles. The second kappa shape index (κ2) is 4.75. The maximum Gasteiger partial charge on any atom is 0.234 e. The fraction of sp³-hybridized carbons (Fsp3) is 0.875. The van der Waals surface area contributed by atoms with Crippen LogP contribution in [0.15, 0.2) is 0 Å². The molecule has 0 saturated carbocycles. The van der Waals surface area contributed by atoms with Crippen LogP contribution in [0.4, 0.5) is 0 Å². The van der Waals surface area contributed by atoms with E-state index in [4.69, 9.17) is 0 Å². The number of carbonyl (C=O) groups is 1. The van der Waals surface area contributed by atoms with Crippen LogP contribution in [0.3, 0.4) is 0 Å². The lowest BCUT2D eigenvalue weighted by Gasteiger charge is -2.26. The molecule has 1 heterocycles. The Labute approximate surface area is 84.3 Å². The molecule has 6 heteroatoms. The summed E-state index contributed by atoms with van der Waals surface area (Å²) in [4.78, 5) is 11.2. The van der Waals surface area contributed by atoms with Crippen molar-refractivity contribution in [2.45, 2.75) is 19.8 Å². The van der Waals surface area contributed by atoms with Crippen LogP contribution in [0.1, 0.15) is 19.8 Å². The summed E-state index contributed by atoms with van der Waals surface area (Å²) < 4.78 is 24.4. The molecule has 0 aromatic carbocycles. The lowest BCUT2D eigenvalue weighted by Crippen LogP contribution is -2.45. The first-order valence-electron chi connectivity index (χ1n) is 4.77. The maximum atomic E-state index is 11.2. The molecule has 0 spiro atoms. The molecule has 1 fully saturated rings. The van der Waals surface area contributed by atoms with E-state index >= 15 is 0 Å². The van der Waals surface area contributed by atoms with E-state index in [0.29, 0.717) is 18.8 Å². The van der Waals surface area contributed by atoms with Crippen molar-refractivity contribution in [3.63, 3.8) is 0 Å². The number of carbonyl (C=O) groups excluding carboxylic acids is 1. The molecule has 14 heavy (non-hydrogen) atoms. The van der Waals surface area contributed by atoms with E-state index in [1.165, 1.54) is 0 Å². The average molecular weight is 220 g/mol. The molecular weight excluding hydrogens is 204 g/mol. The lowest BCUT2D eigenvalue weighted by atomic mass is 9.99. The Morgan fingerprint density at radius 2 is 2.14 bits per heavy atom. The van der Waals surface area contributed by atoms with Crippen LogP contribution >= 0.6 is 0 Å². The zero-order valence-corrected chi connectivity index (χ0v) is 9.06. The summed E-state index contributed by atoms with van der Waals surface area (Å²) >= 11 is 0. The molecule has 0 atom stereocenters. The van der Waals surface area contributed by atoms with Crippen LogP contribution in [0, 0.1) is 5.92 Å². The lowest BCUT2D eigenvalue weighted by molar-refractivity contribution is -0.120. The van der Waals surface area contributed by atoms with Gasteiger partial charge in [-0.15, -0.1) is 0 Å². The summed E-state index contributed by atoms with van der Waals surface area (Å²) in [6, 6.07) is 0. The van der Waals surface area contributed by atoms with Crippen LogP contribution in [-0.4, -0.2) is 33.2 Å². The molecule has 5 nitrogen and oxygen atoms in total. The second-order valence-electron chi connectivity index (χ2n) is 3.57. The Balaban J connectivity index is 2.31. The van der Waals surface area contributed by atoms with Crippen molar-refractivity contribution >= 4 is 15.9 Å². The quantitative estimate of drug-likeness (QED) is 0.652. The van der Waals surface area contributed by atoms with Crippen LogP contribution < -0.4 is 10.0 Å². The standard InChI is InChI=1S/C8H16N2O3S/c1-2-3-14(12,13)10-8(11)4-7-5-9-6-7/h7,9H,2-6H2,1H3,(H,10,11). The highest BCUT2D eigenvalue weighted by Crippen LogP contribution is 2.07. The van der Waals surface area contributed by atoms with Gasteiger partial charge in [-0.1, -0.05) is 6.92 Å². The highest BCUT2D eigenvalue weighted by Gasteiger charge is 2.22. The van der Waals surface area contributed by atoms with Crippen LogP contribution in [0.25, 0.3) is 0 Å². The number of hydrogen-bond acceptors (Lipinski definition) is 4. The molecule has 82 valence electrons. The number of hydrogen-bond donors (Lipinski definition) is 2. The van der Waals surface area contributed by atoms with E-state index < -0.39 is 10.0 Å². The largest absolute Gasteiger partial charge is 0.316 e. The molecular formula is C8H16N2O3S. The number of amides is 1. The molecule has 0 bridgehead atoms. The van der Waals surface area contributed by atoms with E-state index in [9.17, 15) is 13.2 Å². The zero-order valence-electron chi connectivity index (χ0n) is 8.25. The Bertz CT molecular complexity index is 296. The van der Waals surface area contributed by atoms with E-state index in [-0.39, 0.29) is 11.7 Å². The minimum Gasteiger partial charge on any atom is -0.316 e. The molecule has 0 aliphatic carbocycles. The van der Waals surface area contributed by atoms with Gasteiger partial charge in [0.1, 0.15) is 0 Å². The third kappa shape index (κ3) is 3.63. The minimum atomic E-state index is -3.38. The van der Waals surface area contributed by atoms with Gasteiger partial charge in [0.05, 0.1) is 5.75 Å². The maximum absolute atomic E-state index is 11.2. The molecule has 0 unspecified atom stereocenters. The monoisotopic (exact) mass is 220 g/mol. The topological polar surface area (TPSA) is 75.3 Å². The van der Waals surface area contributed by atoms with Crippen molar-refractivity contribution in [2.24, 2.45) is 5.92 Å². The molecule has 0 radical (unpaired) electrons. The van der Waals surface area contributed by atoms with Crippen molar-refractivity contribution in [3.05, 3.63) is 0 Å². The van der Waals surface area contributed by atoms with Crippen molar-refractivity contribution in [1.82, 2.24) is 10.0 Å². The van der Waals surface area contributed by atoms with Gasteiger partial charge in [-0.3, -0.25) is 9.52 Å². The van der Waals surface area contributed by atoms with Crippen molar-refractivity contribution in [3.8, 4) is 0 Å². The summed E-state index contributed by atoms with van der Waals surface area (Å²) in [6.45, 7) is 3.38. The van der Waals surface area contributed by atoms with Gasteiger partial charge in [-0.2, -0.15) is 0 Å². The van der Waals surface area contributed by atoms with Crippen molar-refractivity contribution < 1.29 is 13.2 Å². The third-order valence-corrected chi connectivity index (χ3v) is 3.57. The van der Waals surface area contributed by atoms with E-state index in [1.54, 1.807) is 6.92 Å². The van der Waals surface area contributed by atoms with E-state index in [0.717, 1.165) is 13.1 Å². The fourth-order valence-corrected chi connectivity index (χ4v) is 2.36. The molecule has 1 rings (SSSR count). The van der Waals surface area contributed by atoms with Crippen molar-refractivity contribution in [2.75, 3.05) is 18.8 Å². The molecule has 1 aliphatic rings. The van der Waals surface area contributed by atoms with Gasteiger partial charge in [-0.25, -0.2) is 8.42 Å². The first-order chi connectivity index (χ1) is 6.53. The average Bonchev–Trinajstić information content (AvgIpc) is 1.95. The molecule has 2 N–H and O–H groups in total. The highest BCUT2D eigenvalue weighted by molar-refractivity contribution is 7.90. The van der Waals surface area contributed by atoms with Gasteiger partial charge < -0.3 is 5.32 Å². The van der Waals surface area contributed by atoms with Crippen molar-refractivity contribution in [1.29, 1.82) is 0 Å². The zero-order chi connectivity index (χ0) is 10.6. The molecule has 0 aromatic rings. The first-order valence-corrected chi connectivity index (χ1v) is 6.43. The predicted molar refractivity (Wildman–Crippen MR) is 53.2 cm³/mol.